The van der Waals surface area contributed by atoms with Crippen LogP contribution in [0.5, 0.6) is 11.5 Å². The van der Waals surface area contributed by atoms with Crippen molar-refractivity contribution in [3.63, 3.8) is 0 Å². The van der Waals surface area contributed by atoms with E-state index in [2.05, 4.69) is 10.6 Å². The molecule has 0 radical (unpaired) electrons. The number of hydrogen-bond acceptors (Lipinski definition) is 5. The molecule has 0 unspecified atom stereocenters. The van der Waals surface area contributed by atoms with E-state index < -0.39 is 0 Å². The second-order valence-electron chi connectivity index (χ2n) is 5.72. The van der Waals surface area contributed by atoms with Gasteiger partial charge in [-0.2, -0.15) is 0 Å². The highest BCUT2D eigenvalue weighted by Crippen LogP contribution is 2.38. The van der Waals surface area contributed by atoms with Gasteiger partial charge < -0.3 is 24.5 Å². The smallest absolute Gasteiger partial charge is 0.287 e. The lowest BCUT2D eigenvalue weighted by Gasteiger charge is -2.12. The van der Waals surface area contributed by atoms with Crippen LogP contribution in [-0.4, -0.2) is 38.1 Å². The van der Waals surface area contributed by atoms with Crippen LogP contribution < -0.4 is 20.1 Å². The third-order valence-corrected chi connectivity index (χ3v) is 3.99. The molecule has 138 valence electrons. The lowest BCUT2D eigenvalue weighted by molar-refractivity contribution is -0.120. The van der Waals surface area contributed by atoms with Crippen LogP contribution in [0.4, 0.5) is 0 Å². The van der Waals surface area contributed by atoms with E-state index in [1.807, 2.05) is 0 Å². The minimum atomic E-state index is -0.320. The van der Waals surface area contributed by atoms with Crippen molar-refractivity contribution in [3.8, 4) is 11.5 Å². The Labute approximate surface area is 155 Å². The van der Waals surface area contributed by atoms with E-state index in [1.165, 1.54) is 6.26 Å². The van der Waals surface area contributed by atoms with Crippen molar-refractivity contribution in [1.82, 2.24) is 10.6 Å². The van der Waals surface area contributed by atoms with Gasteiger partial charge in [0.15, 0.2) is 17.3 Å². The Hall–Kier alpha value is -2.67. The van der Waals surface area contributed by atoms with Gasteiger partial charge in [0.05, 0.1) is 30.9 Å². The summed E-state index contributed by atoms with van der Waals surface area (Å²) in [4.78, 5) is 23.8. The highest BCUT2D eigenvalue weighted by molar-refractivity contribution is 6.32. The second kappa shape index (κ2) is 8.62. The minimum absolute atomic E-state index is 0.155. The first-order chi connectivity index (χ1) is 12.6. The van der Waals surface area contributed by atoms with E-state index in [0.717, 1.165) is 12.0 Å². The number of hydrogen-bond donors (Lipinski definition) is 2. The summed E-state index contributed by atoms with van der Waals surface area (Å²) >= 11 is 6.22. The molecule has 0 fully saturated rings. The molecule has 1 aromatic carbocycles. The summed E-state index contributed by atoms with van der Waals surface area (Å²) in [5.41, 5.74) is 0.733. The summed E-state index contributed by atoms with van der Waals surface area (Å²) in [7, 11) is 0. The maximum Gasteiger partial charge on any atom is 0.287 e. The van der Waals surface area contributed by atoms with E-state index in [4.69, 9.17) is 25.5 Å². The van der Waals surface area contributed by atoms with E-state index in [9.17, 15) is 9.59 Å². The summed E-state index contributed by atoms with van der Waals surface area (Å²) < 4.78 is 16.2. The fourth-order valence-electron chi connectivity index (χ4n) is 2.51. The number of fused-ring (bicyclic) bond motifs is 1. The lowest BCUT2D eigenvalue weighted by Crippen LogP contribution is -2.35. The first-order valence-electron chi connectivity index (χ1n) is 8.30. The third kappa shape index (κ3) is 4.70. The average Bonchev–Trinajstić information content (AvgIpc) is 3.05. The van der Waals surface area contributed by atoms with Crippen molar-refractivity contribution in [2.45, 2.75) is 12.8 Å². The minimum Gasteiger partial charge on any atom is -0.489 e. The molecular formula is C18H19ClN2O5. The van der Waals surface area contributed by atoms with Crippen molar-refractivity contribution < 1.29 is 23.5 Å². The Morgan fingerprint density at radius 3 is 2.73 bits per heavy atom. The predicted octanol–water partition coefficient (Wildman–Crippen LogP) is 2.18. The number of furan rings is 1. The summed E-state index contributed by atoms with van der Waals surface area (Å²) in [6.45, 7) is 1.71. The van der Waals surface area contributed by atoms with Crippen LogP contribution in [-0.2, 0) is 11.2 Å². The molecule has 26 heavy (non-hydrogen) atoms. The normalized spacial score (nSPS) is 13.0. The Morgan fingerprint density at radius 2 is 1.92 bits per heavy atom. The van der Waals surface area contributed by atoms with Crippen LogP contribution in [0.25, 0.3) is 0 Å². The van der Waals surface area contributed by atoms with Gasteiger partial charge in [0.1, 0.15) is 0 Å². The average molecular weight is 379 g/mol. The summed E-state index contributed by atoms with van der Waals surface area (Å²) in [5.74, 6) is 0.817. The molecule has 0 saturated heterocycles. The number of halogens is 1. The number of nitrogens with one attached hydrogen (secondary N) is 2. The topological polar surface area (TPSA) is 89.8 Å². The number of benzene rings is 1. The van der Waals surface area contributed by atoms with Crippen molar-refractivity contribution in [2.75, 3.05) is 26.3 Å². The molecular weight excluding hydrogens is 360 g/mol. The first kappa shape index (κ1) is 18.1. The van der Waals surface area contributed by atoms with E-state index in [-0.39, 0.29) is 24.0 Å². The van der Waals surface area contributed by atoms with Crippen LogP contribution in [0, 0.1) is 0 Å². The molecule has 1 aliphatic rings. The van der Waals surface area contributed by atoms with Crippen LogP contribution in [0.3, 0.4) is 0 Å². The Balaban J connectivity index is 1.47. The van der Waals surface area contributed by atoms with E-state index >= 15 is 0 Å². The molecule has 0 bridgehead atoms. The summed E-state index contributed by atoms with van der Waals surface area (Å²) in [5, 5.41) is 5.83. The summed E-state index contributed by atoms with van der Waals surface area (Å²) in [6.07, 6.45) is 2.37. The number of amides is 2. The largest absolute Gasteiger partial charge is 0.489 e. The molecule has 0 atom stereocenters. The molecule has 0 spiro atoms. The second-order valence-corrected chi connectivity index (χ2v) is 6.12. The van der Waals surface area contributed by atoms with Gasteiger partial charge in [0.2, 0.25) is 5.91 Å². The SMILES string of the molecule is O=C(Cc1cc(Cl)c2c(c1)OCCCO2)NCCNC(=O)c1ccco1. The summed E-state index contributed by atoms with van der Waals surface area (Å²) in [6, 6.07) is 6.68. The van der Waals surface area contributed by atoms with Crippen LogP contribution in [0.1, 0.15) is 22.5 Å². The maximum atomic E-state index is 12.1. The fourth-order valence-corrected chi connectivity index (χ4v) is 2.79. The van der Waals surface area contributed by atoms with Gasteiger partial charge in [0, 0.05) is 19.5 Å². The van der Waals surface area contributed by atoms with Gasteiger partial charge in [-0.25, -0.2) is 0 Å². The molecule has 0 aliphatic carbocycles. The quantitative estimate of drug-likeness (QED) is 0.752. The highest BCUT2D eigenvalue weighted by atomic mass is 35.5. The van der Waals surface area contributed by atoms with Crippen molar-refractivity contribution >= 4 is 23.4 Å². The zero-order chi connectivity index (χ0) is 18.4. The van der Waals surface area contributed by atoms with Crippen LogP contribution in [0.2, 0.25) is 5.02 Å². The molecule has 3 rings (SSSR count). The molecule has 8 heteroatoms. The molecule has 2 aromatic rings. The highest BCUT2D eigenvalue weighted by Gasteiger charge is 2.16. The van der Waals surface area contributed by atoms with Crippen molar-refractivity contribution in [1.29, 1.82) is 0 Å². The third-order valence-electron chi connectivity index (χ3n) is 3.70. The van der Waals surface area contributed by atoms with Crippen molar-refractivity contribution in [3.05, 3.63) is 46.9 Å². The molecule has 0 saturated carbocycles. The van der Waals surface area contributed by atoms with E-state index in [0.29, 0.717) is 42.8 Å². The lowest BCUT2D eigenvalue weighted by atomic mass is 10.1. The van der Waals surface area contributed by atoms with Gasteiger partial charge in [0.25, 0.3) is 5.91 Å². The standard InChI is InChI=1S/C18H19ClN2O5/c19-13-9-12(10-15-17(13)26-8-2-7-25-15)11-16(22)20-4-5-21-18(23)14-3-1-6-24-14/h1,3,6,9-10H,2,4-5,7-8,11H2,(H,20,22)(H,21,23). The Bertz CT molecular complexity index is 776. The van der Waals surface area contributed by atoms with Gasteiger partial charge in [-0.3, -0.25) is 9.59 Å². The zero-order valence-electron chi connectivity index (χ0n) is 14.0. The maximum absolute atomic E-state index is 12.1. The van der Waals surface area contributed by atoms with Crippen LogP contribution >= 0.6 is 11.6 Å². The van der Waals surface area contributed by atoms with Gasteiger partial charge in [-0.05, 0) is 29.8 Å². The molecule has 1 aromatic heterocycles. The van der Waals surface area contributed by atoms with E-state index in [1.54, 1.807) is 24.3 Å². The Kier molecular flexibility index (Phi) is 6.01. The molecule has 2 amide bonds. The zero-order valence-corrected chi connectivity index (χ0v) is 14.8. The fraction of sp³-hybridized carbons (Fsp3) is 0.333. The molecule has 2 heterocycles. The number of rotatable bonds is 6. The molecule has 2 N–H and O–H groups in total. The molecule has 1 aliphatic heterocycles. The number of carbonyl (C=O) groups excluding carboxylic acids is 2. The monoisotopic (exact) mass is 378 g/mol. The van der Waals surface area contributed by atoms with Gasteiger partial charge >= 0.3 is 0 Å². The molecule has 7 nitrogen and oxygen atoms in total. The number of ether oxygens (including phenoxy) is 2. The van der Waals surface area contributed by atoms with Crippen LogP contribution in [0.15, 0.2) is 34.9 Å². The van der Waals surface area contributed by atoms with Crippen molar-refractivity contribution in [2.24, 2.45) is 0 Å². The van der Waals surface area contributed by atoms with Gasteiger partial charge in [-0.15, -0.1) is 0 Å². The number of carbonyl (C=O) groups is 2. The predicted molar refractivity (Wildman–Crippen MR) is 94.8 cm³/mol. The Morgan fingerprint density at radius 1 is 1.12 bits per heavy atom. The van der Waals surface area contributed by atoms with Gasteiger partial charge in [-0.1, -0.05) is 11.6 Å². The first-order valence-corrected chi connectivity index (χ1v) is 8.67.